The molecule has 3 N–H and O–H groups in total. The maximum Gasteiger partial charge on any atom is 0.262 e. The van der Waals surface area contributed by atoms with Crippen LogP contribution in [0, 0.1) is 11.3 Å². The van der Waals surface area contributed by atoms with Crippen LogP contribution in [0.15, 0.2) is 54.9 Å². The molecule has 0 saturated carbocycles. The molecule has 7 heterocycles. The summed E-state index contributed by atoms with van der Waals surface area (Å²) in [5, 5.41) is 33.4. The number of carbonyl (C=O) groups is 5. The summed E-state index contributed by atoms with van der Waals surface area (Å²) in [6.45, 7) is 7.45. The number of nitrogens with zero attached hydrogens (tertiary/aromatic N) is 9. The Balaban J connectivity index is 0.756. The van der Waals surface area contributed by atoms with Gasteiger partial charge in [-0.05, 0) is 75.6 Å². The molecule has 3 aliphatic heterocycles. The highest BCUT2D eigenvalue weighted by Gasteiger charge is 2.44. The molecule has 1 aromatic carbocycles. The highest BCUT2D eigenvalue weighted by molar-refractivity contribution is 7.18. The summed E-state index contributed by atoms with van der Waals surface area (Å²) < 4.78 is 1.77. The van der Waals surface area contributed by atoms with Gasteiger partial charge in [0.05, 0.1) is 45.4 Å². The number of unbranched alkanes of at least 4 members (excludes halogenated alkanes) is 4. The molecule has 0 spiro atoms. The lowest BCUT2D eigenvalue weighted by Gasteiger charge is -2.34. The maximum atomic E-state index is 13.1. The summed E-state index contributed by atoms with van der Waals surface area (Å²) in [6, 6.07) is 14.0. The first-order valence-corrected chi connectivity index (χ1v) is 21.5. The molecule has 0 bridgehead atoms. The van der Waals surface area contributed by atoms with E-state index in [1.54, 1.807) is 35.0 Å². The molecule has 314 valence electrons. The van der Waals surface area contributed by atoms with E-state index >= 15 is 0 Å². The van der Waals surface area contributed by atoms with Crippen LogP contribution in [-0.2, 0) is 14.4 Å². The Morgan fingerprint density at radius 3 is 2.49 bits per heavy atom. The van der Waals surface area contributed by atoms with Crippen LogP contribution in [0.4, 0.5) is 16.5 Å². The topological polar surface area (TPSA) is 211 Å². The van der Waals surface area contributed by atoms with Gasteiger partial charge in [0, 0.05) is 69.2 Å². The zero-order chi connectivity index (χ0) is 42.6. The van der Waals surface area contributed by atoms with Crippen molar-refractivity contribution in [2.45, 2.75) is 77.3 Å². The first kappa shape index (κ1) is 41.0. The summed E-state index contributed by atoms with van der Waals surface area (Å²) >= 11 is 1.51. The molecule has 1 atom stereocenters. The van der Waals surface area contributed by atoms with E-state index in [2.05, 4.69) is 56.1 Å². The van der Waals surface area contributed by atoms with Crippen molar-refractivity contribution in [1.82, 2.24) is 39.9 Å². The van der Waals surface area contributed by atoms with Crippen molar-refractivity contribution >= 4 is 62.9 Å². The van der Waals surface area contributed by atoms with Crippen LogP contribution >= 0.6 is 11.3 Å². The highest BCUT2D eigenvalue weighted by atomic mass is 32.1. The van der Waals surface area contributed by atoms with Gasteiger partial charge in [-0.3, -0.25) is 39.2 Å². The van der Waals surface area contributed by atoms with E-state index in [4.69, 9.17) is 4.98 Å². The van der Waals surface area contributed by atoms with Crippen molar-refractivity contribution in [2.75, 3.05) is 48.3 Å². The minimum Gasteiger partial charge on any atom is -0.385 e. The Morgan fingerprint density at radius 1 is 0.918 bits per heavy atom. The smallest absolute Gasteiger partial charge is 0.262 e. The van der Waals surface area contributed by atoms with Crippen molar-refractivity contribution in [2.24, 2.45) is 0 Å². The average molecular weight is 843 g/mol. The number of hydrogen-bond acceptors (Lipinski definition) is 14. The number of nitriles is 1. The van der Waals surface area contributed by atoms with Gasteiger partial charge in [-0.25, -0.2) is 4.52 Å². The first-order valence-electron chi connectivity index (χ1n) is 20.7. The maximum absolute atomic E-state index is 13.1. The van der Waals surface area contributed by atoms with Gasteiger partial charge in [-0.2, -0.15) is 10.4 Å². The van der Waals surface area contributed by atoms with Gasteiger partial charge >= 0.3 is 0 Å². The van der Waals surface area contributed by atoms with Crippen molar-refractivity contribution in [1.29, 1.82) is 5.26 Å². The van der Waals surface area contributed by atoms with Crippen LogP contribution in [-0.4, -0.2) is 109 Å². The SMILES string of the molecule is CC(C)Nc1cc(-c2ccc3cc(C#N)cnn23)ncc1-c1nnc(N2CCN(C(=O)CCCCCCCNc3ccc4c(c3)C(=O)N(C3CCC(=O)NC3=O)C4=O)CC2)s1. The molecular formula is C43H46N12O5S. The largest absolute Gasteiger partial charge is 0.385 e. The van der Waals surface area contributed by atoms with E-state index in [1.807, 2.05) is 29.3 Å². The summed E-state index contributed by atoms with van der Waals surface area (Å²) in [5.74, 6) is -1.90. The van der Waals surface area contributed by atoms with Crippen LogP contribution in [0.2, 0.25) is 0 Å². The van der Waals surface area contributed by atoms with Gasteiger partial charge in [0.2, 0.25) is 22.9 Å². The molecule has 1 unspecified atom stereocenters. The number of carbonyl (C=O) groups excluding carboxylic acids is 5. The lowest BCUT2D eigenvalue weighted by molar-refractivity contribution is -0.136. The normalized spacial score (nSPS) is 16.6. The molecule has 0 aliphatic carbocycles. The van der Waals surface area contributed by atoms with Gasteiger partial charge in [-0.1, -0.05) is 30.6 Å². The van der Waals surface area contributed by atoms with Crippen LogP contribution in [0.3, 0.4) is 0 Å². The van der Waals surface area contributed by atoms with Crippen molar-refractivity contribution in [3.8, 4) is 28.0 Å². The second kappa shape index (κ2) is 17.9. The number of fused-ring (bicyclic) bond motifs is 2. The zero-order valence-electron chi connectivity index (χ0n) is 34.0. The molecule has 61 heavy (non-hydrogen) atoms. The molecule has 0 radical (unpaired) electrons. The van der Waals surface area contributed by atoms with Gasteiger partial charge in [-0.15, -0.1) is 10.2 Å². The van der Waals surface area contributed by atoms with E-state index in [0.717, 1.165) is 81.0 Å². The van der Waals surface area contributed by atoms with Crippen LogP contribution < -0.4 is 20.9 Å². The predicted octanol–water partition coefficient (Wildman–Crippen LogP) is 5.11. The van der Waals surface area contributed by atoms with Gasteiger partial charge in [0.1, 0.15) is 12.1 Å². The summed E-state index contributed by atoms with van der Waals surface area (Å²) in [6.07, 6.45) is 8.74. The van der Waals surface area contributed by atoms with E-state index in [-0.39, 0.29) is 35.9 Å². The third kappa shape index (κ3) is 8.78. The summed E-state index contributed by atoms with van der Waals surface area (Å²) in [4.78, 5) is 72.9. The van der Waals surface area contributed by atoms with E-state index in [0.29, 0.717) is 44.7 Å². The monoisotopic (exact) mass is 842 g/mol. The highest BCUT2D eigenvalue weighted by Crippen LogP contribution is 2.36. The van der Waals surface area contributed by atoms with Gasteiger partial charge < -0.3 is 20.4 Å². The molecule has 8 rings (SSSR count). The van der Waals surface area contributed by atoms with Crippen molar-refractivity contribution in [3.05, 3.63) is 71.5 Å². The summed E-state index contributed by atoms with van der Waals surface area (Å²) in [5.41, 5.74) is 5.82. The van der Waals surface area contributed by atoms with Crippen molar-refractivity contribution in [3.63, 3.8) is 0 Å². The van der Waals surface area contributed by atoms with E-state index < -0.39 is 29.7 Å². The molecule has 5 aromatic rings. The number of imide groups is 2. The standard InChI is InChI=1S/C43H46N12O5S/c1-26(2)48-33-22-34(35-12-10-29-20-27(23-44)24-47-55(29)35)46-25-32(33)40-50-51-43(61-40)53-18-16-52(17-19-53)38(57)8-6-4-3-5-7-15-45-28-9-11-30-31(21-28)42(60)54(41(30)59)36-13-14-37(56)49-39(36)58/h9-12,20-22,24-26,36,45H,3-8,13-19H2,1-2H3,(H,46,48)(H,49,56,58). The number of rotatable bonds is 15. The first-order chi connectivity index (χ1) is 29.6. The predicted molar refractivity (Wildman–Crippen MR) is 229 cm³/mol. The molecule has 3 aliphatic rings. The minimum absolute atomic E-state index is 0.0789. The Labute approximate surface area is 356 Å². The third-order valence-corrected chi connectivity index (χ3v) is 12.1. The Morgan fingerprint density at radius 2 is 1.70 bits per heavy atom. The molecule has 5 amide bonds. The number of aromatic nitrogens is 5. The lowest BCUT2D eigenvalue weighted by Crippen LogP contribution is -2.54. The second-order valence-electron chi connectivity index (χ2n) is 15.7. The fourth-order valence-corrected chi connectivity index (χ4v) is 8.87. The van der Waals surface area contributed by atoms with E-state index in [9.17, 15) is 29.2 Å². The quantitative estimate of drug-likeness (QED) is 0.0926. The molecule has 18 heteroatoms. The molecular weight excluding hydrogens is 797 g/mol. The number of nitrogens with one attached hydrogen (secondary N) is 3. The number of anilines is 3. The molecule has 2 saturated heterocycles. The van der Waals surface area contributed by atoms with Crippen LogP contribution in [0.25, 0.3) is 27.5 Å². The minimum atomic E-state index is -0.986. The zero-order valence-corrected chi connectivity index (χ0v) is 34.8. The van der Waals surface area contributed by atoms with Crippen molar-refractivity contribution < 1.29 is 24.0 Å². The second-order valence-corrected chi connectivity index (χ2v) is 16.7. The molecule has 2 fully saturated rings. The third-order valence-electron chi connectivity index (χ3n) is 11.1. The number of pyridine rings is 1. The number of benzene rings is 1. The molecule has 17 nitrogen and oxygen atoms in total. The van der Waals surface area contributed by atoms with Crippen LogP contribution in [0.1, 0.15) is 91.5 Å². The summed E-state index contributed by atoms with van der Waals surface area (Å²) in [7, 11) is 0. The van der Waals surface area contributed by atoms with Crippen LogP contribution in [0.5, 0.6) is 0 Å². The number of amides is 5. The Bertz CT molecular complexity index is 2550. The molecule has 4 aromatic heterocycles. The fraction of sp³-hybridized carbons (Fsp3) is 0.395. The Hall–Kier alpha value is -6.74. The van der Waals surface area contributed by atoms with Gasteiger partial charge in [0.25, 0.3) is 11.8 Å². The van der Waals surface area contributed by atoms with Gasteiger partial charge in [0.15, 0.2) is 5.01 Å². The number of piperazine rings is 1. The number of piperidine rings is 1. The Kier molecular flexibility index (Phi) is 12.0. The van der Waals surface area contributed by atoms with E-state index in [1.165, 1.54) is 11.3 Å². The number of hydrogen-bond donors (Lipinski definition) is 3. The average Bonchev–Trinajstić information content (AvgIpc) is 3.98. The lowest BCUT2D eigenvalue weighted by atomic mass is 10.0. The fourth-order valence-electron chi connectivity index (χ4n) is 7.95.